The summed E-state index contributed by atoms with van der Waals surface area (Å²) in [5, 5.41) is 10.9. The summed E-state index contributed by atoms with van der Waals surface area (Å²) in [5.41, 5.74) is -0.801. The van der Waals surface area contributed by atoms with Crippen molar-refractivity contribution in [2.75, 3.05) is 20.8 Å². The van der Waals surface area contributed by atoms with E-state index in [4.69, 9.17) is 14.2 Å². The summed E-state index contributed by atoms with van der Waals surface area (Å²) in [6, 6.07) is 4.85. The Morgan fingerprint density at radius 3 is 2.35 bits per heavy atom. The Bertz CT molecular complexity index is 428. The smallest absolute Gasteiger partial charge is 0.547 e. The molecule has 86 valence electrons. The fourth-order valence-corrected chi connectivity index (χ4v) is 1.56. The van der Waals surface area contributed by atoms with Crippen LogP contribution in [0.3, 0.4) is 0 Å². The third-order valence-corrected chi connectivity index (χ3v) is 2.61. The summed E-state index contributed by atoms with van der Waals surface area (Å²) in [7, 11) is 3.00. The van der Waals surface area contributed by atoms with Gasteiger partial charge in [0.15, 0.2) is 17.1 Å². The van der Waals surface area contributed by atoms with Gasteiger partial charge in [-0.3, -0.25) is 0 Å². The van der Waals surface area contributed by atoms with Gasteiger partial charge in [-0.15, -0.1) is 0 Å². The van der Waals surface area contributed by atoms with Gasteiger partial charge < -0.3 is 24.1 Å². The van der Waals surface area contributed by atoms with Crippen LogP contribution in [0.5, 0.6) is 11.5 Å². The number of hydrogen-bond acceptors (Lipinski definition) is 5. The third-order valence-electron chi connectivity index (χ3n) is 2.61. The van der Waals surface area contributed by atoms with E-state index in [1.54, 1.807) is 18.2 Å². The number of ether oxygens (including phenoxy) is 3. The maximum Gasteiger partial charge on any atom is 1.00 e. The predicted octanol–water partition coefficient (Wildman–Crippen LogP) is -3.32. The zero-order valence-corrected chi connectivity index (χ0v) is 12.0. The first-order chi connectivity index (χ1) is 7.64. The summed E-state index contributed by atoms with van der Waals surface area (Å²) < 4.78 is 15.1. The van der Waals surface area contributed by atoms with Crippen LogP contribution in [0.2, 0.25) is 0 Å². The molecule has 0 bridgehead atoms. The standard InChI is InChI=1S/C11H12O5.Na/c1-14-8-4-3-7(5-9(8)15-2)11(6-16-11)10(12)13;/h3-5H,6H2,1-2H3,(H,12,13);/q;+1/p-1. The van der Waals surface area contributed by atoms with Crippen LogP contribution in [0.4, 0.5) is 0 Å². The van der Waals surface area contributed by atoms with Crippen LogP contribution < -0.4 is 44.1 Å². The number of carboxylic acids is 1. The van der Waals surface area contributed by atoms with E-state index in [9.17, 15) is 9.90 Å². The Morgan fingerprint density at radius 1 is 1.35 bits per heavy atom. The van der Waals surface area contributed by atoms with Crippen LogP contribution in [-0.2, 0) is 15.1 Å². The third kappa shape index (κ3) is 2.42. The Hall–Kier alpha value is -0.750. The fourth-order valence-electron chi connectivity index (χ4n) is 1.56. The average molecular weight is 246 g/mol. The molecular formula is C11H11NaO5. The first-order valence-corrected chi connectivity index (χ1v) is 4.72. The van der Waals surface area contributed by atoms with Crippen LogP contribution >= 0.6 is 0 Å². The molecule has 0 spiro atoms. The summed E-state index contributed by atoms with van der Waals surface area (Å²) in [6.45, 7) is 0.130. The van der Waals surface area contributed by atoms with Gasteiger partial charge >= 0.3 is 29.6 Å². The van der Waals surface area contributed by atoms with Crippen LogP contribution in [0.15, 0.2) is 18.2 Å². The predicted molar refractivity (Wildman–Crippen MR) is 52.2 cm³/mol. The molecule has 1 atom stereocenters. The van der Waals surface area contributed by atoms with E-state index < -0.39 is 11.6 Å². The summed E-state index contributed by atoms with van der Waals surface area (Å²) in [4.78, 5) is 10.9. The van der Waals surface area contributed by atoms with Crippen molar-refractivity contribution in [2.24, 2.45) is 0 Å². The van der Waals surface area contributed by atoms with Gasteiger partial charge in [-0.2, -0.15) is 0 Å². The molecule has 0 N–H and O–H groups in total. The van der Waals surface area contributed by atoms with Crippen LogP contribution in [0, 0.1) is 0 Å². The Morgan fingerprint density at radius 2 is 1.94 bits per heavy atom. The van der Waals surface area contributed by atoms with Crippen molar-refractivity contribution in [1.29, 1.82) is 0 Å². The Kier molecular flexibility index (Phi) is 4.43. The molecule has 1 aromatic rings. The summed E-state index contributed by atoms with van der Waals surface area (Å²) in [6.07, 6.45) is 0. The number of aliphatic carboxylic acids is 1. The quantitative estimate of drug-likeness (QED) is 0.411. The fraction of sp³-hybridized carbons (Fsp3) is 0.364. The van der Waals surface area contributed by atoms with Crippen LogP contribution in [-0.4, -0.2) is 26.8 Å². The molecule has 1 unspecified atom stereocenters. The molecule has 2 rings (SSSR count). The number of rotatable bonds is 4. The zero-order valence-electron chi connectivity index (χ0n) is 9.98. The van der Waals surface area contributed by atoms with Gasteiger partial charge in [0, 0.05) is 0 Å². The molecule has 1 aliphatic heterocycles. The van der Waals surface area contributed by atoms with Crippen LogP contribution in [0.25, 0.3) is 0 Å². The summed E-state index contributed by atoms with van der Waals surface area (Å²) in [5.74, 6) is -0.226. The second-order valence-corrected chi connectivity index (χ2v) is 3.47. The van der Waals surface area contributed by atoms with E-state index in [-0.39, 0.29) is 36.2 Å². The van der Waals surface area contributed by atoms with Crippen molar-refractivity contribution in [3.05, 3.63) is 23.8 Å². The van der Waals surface area contributed by atoms with E-state index in [2.05, 4.69) is 0 Å². The van der Waals surface area contributed by atoms with Gasteiger partial charge in [0.25, 0.3) is 0 Å². The van der Waals surface area contributed by atoms with Gasteiger partial charge in [0.05, 0.1) is 26.8 Å². The SMILES string of the molecule is COc1ccc(C2(C(=O)[O-])CO2)cc1OC.[Na+]. The van der Waals surface area contributed by atoms with Crippen molar-refractivity contribution in [3.8, 4) is 11.5 Å². The van der Waals surface area contributed by atoms with Crippen molar-refractivity contribution in [1.82, 2.24) is 0 Å². The van der Waals surface area contributed by atoms with E-state index in [0.29, 0.717) is 17.1 Å². The van der Waals surface area contributed by atoms with Gasteiger partial charge in [-0.1, -0.05) is 6.07 Å². The number of carboxylic acid groups (broad SMARTS) is 1. The molecular weight excluding hydrogens is 235 g/mol. The van der Waals surface area contributed by atoms with Crippen LogP contribution in [0.1, 0.15) is 5.56 Å². The molecule has 1 aliphatic rings. The van der Waals surface area contributed by atoms with Gasteiger partial charge in [0.2, 0.25) is 0 Å². The molecule has 5 nitrogen and oxygen atoms in total. The number of carbonyl (C=O) groups is 1. The van der Waals surface area contributed by atoms with E-state index >= 15 is 0 Å². The number of carbonyl (C=O) groups excluding carboxylic acids is 1. The Labute approximate surface area is 121 Å². The number of benzene rings is 1. The van der Waals surface area contributed by atoms with Gasteiger partial charge in [-0.25, -0.2) is 0 Å². The van der Waals surface area contributed by atoms with Crippen molar-refractivity contribution >= 4 is 5.97 Å². The minimum absolute atomic E-state index is 0. The molecule has 6 heteroatoms. The minimum Gasteiger partial charge on any atom is -0.547 e. The molecule has 0 aliphatic carbocycles. The first-order valence-electron chi connectivity index (χ1n) is 4.72. The topological polar surface area (TPSA) is 71.1 Å². The normalized spacial score (nSPS) is 21.3. The number of epoxide rings is 1. The molecule has 0 saturated carbocycles. The minimum atomic E-state index is -1.31. The number of hydrogen-bond donors (Lipinski definition) is 0. The summed E-state index contributed by atoms with van der Waals surface area (Å²) >= 11 is 0. The molecule has 1 heterocycles. The van der Waals surface area contributed by atoms with Crippen molar-refractivity contribution < 1.29 is 53.7 Å². The monoisotopic (exact) mass is 246 g/mol. The first kappa shape index (κ1) is 14.3. The maximum absolute atomic E-state index is 10.9. The molecule has 0 aromatic heterocycles. The second-order valence-electron chi connectivity index (χ2n) is 3.47. The van der Waals surface area contributed by atoms with Crippen molar-refractivity contribution in [2.45, 2.75) is 5.60 Å². The van der Waals surface area contributed by atoms with Crippen molar-refractivity contribution in [3.63, 3.8) is 0 Å². The van der Waals surface area contributed by atoms with Gasteiger partial charge in [0.1, 0.15) is 0 Å². The van der Waals surface area contributed by atoms with E-state index in [1.807, 2.05) is 0 Å². The molecule has 17 heavy (non-hydrogen) atoms. The average Bonchev–Trinajstić information content (AvgIpc) is 3.09. The molecule has 1 aromatic carbocycles. The van der Waals surface area contributed by atoms with E-state index in [1.165, 1.54) is 14.2 Å². The number of methoxy groups -OCH3 is 2. The van der Waals surface area contributed by atoms with E-state index in [0.717, 1.165) is 0 Å². The maximum atomic E-state index is 10.9. The zero-order chi connectivity index (χ0) is 11.8. The molecule has 1 fully saturated rings. The molecule has 0 amide bonds. The molecule has 0 radical (unpaired) electrons. The van der Waals surface area contributed by atoms with Gasteiger partial charge in [-0.05, 0) is 17.7 Å². The second kappa shape index (κ2) is 5.27. The largest absolute Gasteiger partial charge is 1.00 e. The Balaban J connectivity index is 0.00000144. The molecule has 1 saturated heterocycles.